The van der Waals surface area contributed by atoms with Crippen LogP contribution in [0, 0.1) is 11.3 Å². The van der Waals surface area contributed by atoms with Crippen LogP contribution in [0.25, 0.3) is 0 Å². The maximum atomic E-state index is 12.0. The highest BCUT2D eigenvalue weighted by Gasteiger charge is 2.02. The molecular weight excluding hydrogens is 145 g/mol. The number of nitriles is 1. The average Bonchev–Trinajstić information content (AvgIpc) is 2.05. The maximum absolute atomic E-state index is 12.0. The third-order valence-electron chi connectivity index (χ3n) is 1.22. The normalized spacial score (nSPS) is 8.73. The second kappa shape index (κ2) is 2.93. The highest BCUT2D eigenvalue weighted by molar-refractivity contribution is 5.88. The smallest absolute Gasteiger partial charge is 0.255 e. The number of benzene rings is 1. The van der Waals surface area contributed by atoms with Gasteiger partial charge in [0.25, 0.3) is 0 Å². The van der Waals surface area contributed by atoms with Crippen LogP contribution in [0.15, 0.2) is 24.3 Å². The van der Waals surface area contributed by atoms with Crippen LogP contribution in [0.5, 0.6) is 0 Å². The van der Waals surface area contributed by atoms with E-state index in [9.17, 15) is 9.18 Å². The molecule has 0 spiro atoms. The molecule has 0 radical (unpaired) electrons. The molecule has 0 amide bonds. The summed E-state index contributed by atoms with van der Waals surface area (Å²) < 4.78 is 12.0. The van der Waals surface area contributed by atoms with E-state index >= 15 is 0 Å². The minimum atomic E-state index is -1.51. The first-order valence-corrected chi connectivity index (χ1v) is 2.94. The molecule has 0 saturated carbocycles. The molecule has 0 heterocycles. The molecule has 0 N–H and O–H groups in total. The number of halogens is 1. The first-order valence-electron chi connectivity index (χ1n) is 2.94. The molecule has 1 rings (SSSR count). The standard InChI is InChI=1S/C8H4FNO/c9-8(11)7-3-1-2-6(4-7)5-10/h1-4H. The van der Waals surface area contributed by atoms with E-state index in [0.717, 1.165) is 0 Å². The summed E-state index contributed by atoms with van der Waals surface area (Å²) in [5.74, 6) is 0. The van der Waals surface area contributed by atoms with Crippen molar-refractivity contribution in [1.29, 1.82) is 5.26 Å². The van der Waals surface area contributed by atoms with Crippen molar-refractivity contribution in [3.63, 3.8) is 0 Å². The molecule has 0 aliphatic rings. The Bertz CT molecular complexity index is 327. The van der Waals surface area contributed by atoms with E-state index in [1.165, 1.54) is 24.3 Å². The van der Waals surface area contributed by atoms with Crippen LogP contribution in [-0.4, -0.2) is 6.04 Å². The predicted molar refractivity (Wildman–Crippen MR) is 36.6 cm³/mol. The van der Waals surface area contributed by atoms with Crippen LogP contribution in [0.4, 0.5) is 4.39 Å². The van der Waals surface area contributed by atoms with Crippen molar-refractivity contribution in [2.45, 2.75) is 0 Å². The molecule has 0 atom stereocenters. The van der Waals surface area contributed by atoms with Crippen LogP contribution in [0.1, 0.15) is 15.9 Å². The molecule has 11 heavy (non-hydrogen) atoms. The number of carbonyl (C=O) groups excluding carboxylic acids is 1. The number of hydrogen-bond donors (Lipinski definition) is 0. The zero-order valence-electron chi connectivity index (χ0n) is 5.54. The largest absolute Gasteiger partial charge is 0.332 e. The van der Waals surface area contributed by atoms with Gasteiger partial charge in [-0.3, -0.25) is 4.79 Å². The molecule has 0 aromatic heterocycles. The second-order valence-electron chi connectivity index (χ2n) is 1.97. The van der Waals surface area contributed by atoms with E-state index < -0.39 is 6.04 Å². The maximum Gasteiger partial charge on any atom is 0.332 e. The zero-order valence-corrected chi connectivity index (χ0v) is 5.54. The zero-order chi connectivity index (χ0) is 8.27. The SMILES string of the molecule is N#Cc1cccc(C(=O)F)c1. The molecule has 0 fully saturated rings. The van der Waals surface area contributed by atoms with E-state index in [4.69, 9.17) is 5.26 Å². The lowest BCUT2D eigenvalue weighted by atomic mass is 10.1. The van der Waals surface area contributed by atoms with Gasteiger partial charge in [-0.05, 0) is 18.2 Å². The Labute approximate surface area is 62.9 Å². The fourth-order valence-electron chi connectivity index (χ4n) is 0.711. The molecule has 54 valence electrons. The van der Waals surface area contributed by atoms with Gasteiger partial charge in [0, 0.05) is 0 Å². The minimum Gasteiger partial charge on any atom is -0.255 e. The number of nitrogens with zero attached hydrogens (tertiary/aromatic N) is 1. The summed E-state index contributed by atoms with van der Waals surface area (Å²) in [4.78, 5) is 10.1. The highest BCUT2D eigenvalue weighted by atomic mass is 19.1. The fourth-order valence-corrected chi connectivity index (χ4v) is 0.711. The van der Waals surface area contributed by atoms with E-state index in [2.05, 4.69) is 0 Å². The summed E-state index contributed by atoms with van der Waals surface area (Å²) in [6.45, 7) is 0. The molecule has 0 bridgehead atoms. The Hall–Kier alpha value is -1.69. The minimum absolute atomic E-state index is 0.0796. The van der Waals surface area contributed by atoms with Gasteiger partial charge in [0.1, 0.15) is 0 Å². The van der Waals surface area contributed by atoms with Gasteiger partial charge in [0.05, 0.1) is 17.2 Å². The van der Waals surface area contributed by atoms with E-state index in [0.29, 0.717) is 0 Å². The molecule has 0 aliphatic heterocycles. The number of hydrogen-bond acceptors (Lipinski definition) is 2. The van der Waals surface area contributed by atoms with Gasteiger partial charge in [0.15, 0.2) is 0 Å². The van der Waals surface area contributed by atoms with Crippen LogP contribution in [0.2, 0.25) is 0 Å². The lowest BCUT2D eigenvalue weighted by Gasteiger charge is -1.90. The Morgan fingerprint density at radius 1 is 1.55 bits per heavy atom. The number of rotatable bonds is 1. The second-order valence-corrected chi connectivity index (χ2v) is 1.97. The third kappa shape index (κ3) is 1.62. The van der Waals surface area contributed by atoms with Crippen molar-refractivity contribution in [3.8, 4) is 6.07 Å². The van der Waals surface area contributed by atoms with Crippen LogP contribution >= 0.6 is 0 Å². The molecule has 3 heteroatoms. The quantitative estimate of drug-likeness (QED) is 0.570. The Morgan fingerprint density at radius 2 is 2.27 bits per heavy atom. The molecule has 1 aromatic rings. The number of carbonyl (C=O) groups is 1. The molecule has 1 aromatic carbocycles. The van der Waals surface area contributed by atoms with Crippen LogP contribution in [-0.2, 0) is 0 Å². The van der Waals surface area contributed by atoms with Crippen molar-refractivity contribution in [2.75, 3.05) is 0 Å². The van der Waals surface area contributed by atoms with Gasteiger partial charge in [-0.2, -0.15) is 9.65 Å². The van der Waals surface area contributed by atoms with E-state index in [-0.39, 0.29) is 11.1 Å². The Balaban J connectivity index is 3.13. The first-order chi connectivity index (χ1) is 5.24. The summed E-state index contributed by atoms with van der Waals surface area (Å²) in [7, 11) is 0. The van der Waals surface area contributed by atoms with Gasteiger partial charge in [0.2, 0.25) is 0 Å². The van der Waals surface area contributed by atoms with Gasteiger partial charge in [-0.25, -0.2) is 0 Å². The first kappa shape index (κ1) is 7.42. The lowest BCUT2D eigenvalue weighted by Crippen LogP contribution is -1.89. The molecule has 0 unspecified atom stereocenters. The van der Waals surface area contributed by atoms with Crippen molar-refractivity contribution < 1.29 is 9.18 Å². The van der Waals surface area contributed by atoms with E-state index in [1.807, 2.05) is 0 Å². The van der Waals surface area contributed by atoms with Crippen molar-refractivity contribution in [3.05, 3.63) is 35.4 Å². The summed E-state index contributed by atoms with van der Waals surface area (Å²) in [5.41, 5.74) is 0.206. The third-order valence-corrected chi connectivity index (χ3v) is 1.22. The van der Waals surface area contributed by atoms with Gasteiger partial charge < -0.3 is 0 Å². The van der Waals surface area contributed by atoms with Crippen molar-refractivity contribution >= 4 is 6.04 Å². The molecule has 0 saturated heterocycles. The van der Waals surface area contributed by atoms with Crippen LogP contribution in [0.3, 0.4) is 0 Å². The van der Waals surface area contributed by atoms with Crippen molar-refractivity contribution in [1.82, 2.24) is 0 Å². The van der Waals surface area contributed by atoms with Crippen molar-refractivity contribution in [2.24, 2.45) is 0 Å². The van der Waals surface area contributed by atoms with Gasteiger partial charge >= 0.3 is 6.04 Å². The molecule has 2 nitrogen and oxygen atoms in total. The highest BCUT2D eigenvalue weighted by Crippen LogP contribution is 2.04. The predicted octanol–water partition coefficient (Wildman–Crippen LogP) is 1.67. The lowest BCUT2D eigenvalue weighted by molar-refractivity contribution is 0.0836. The van der Waals surface area contributed by atoms with Gasteiger partial charge in [-0.1, -0.05) is 6.07 Å². The Kier molecular flexibility index (Phi) is 1.98. The molecular formula is C8H4FNO. The van der Waals surface area contributed by atoms with E-state index in [1.54, 1.807) is 6.07 Å². The summed E-state index contributed by atoms with van der Waals surface area (Å²) in [6.07, 6.45) is 0. The fraction of sp³-hybridized carbons (Fsp3) is 0. The monoisotopic (exact) mass is 149 g/mol. The summed E-state index contributed by atoms with van der Waals surface area (Å²) in [6, 6.07) is 5.79. The summed E-state index contributed by atoms with van der Waals surface area (Å²) in [5, 5.41) is 8.36. The van der Waals surface area contributed by atoms with Crippen LogP contribution < -0.4 is 0 Å². The van der Waals surface area contributed by atoms with Gasteiger partial charge in [-0.15, -0.1) is 0 Å². The summed E-state index contributed by atoms with van der Waals surface area (Å²) >= 11 is 0. The topological polar surface area (TPSA) is 40.9 Å². The molecule has 0 aliphatic carbocycles. The Morgan fingerprint density at radius 3 is 2.82 bits per heavy atom. The average molecular weight is 149 g/mol.